The molecular formula is C11H18N4O5S. The number of hydrogen-bond acceptors (Lipinski definition) is 10. The van der Waals surface area contributed by atoms with Gasteiger partial charge < -0.3 is 9.47 Å². The Labute approximate surface area is 126 Å². The molecule has 0 radical (unpaired) electrons. The summed E-state index contributed by atoms with van der Waals surface area (Å²) < 4.78 is 10.9. The van der Waals surface area contributed by atoms with Gasteiger partial charge in [-0.25, -0.2) is 15.4 Å². The number of hydrazine groups is 2. The molecule has 0 aromatic rings. The summed E-state index contributed by atoms with van der Waals surface area (Å²) in [6, 6.07) is 0. The molecule has 0 aromatic heterocycles. The molecule has 0 aromatic carbocycles. The molecule has 0 spiro atoms. The van der Waals surface area contributed by atoms with Gasteiger partial charge in [-0.05, 0) is 39.6 Å². The number of rotatable bonds is 4. The average Bonchev–Trinajstić information content (AvgIpc) is 2.74. The van der Waals surface area contributed by atoms with Crippen LogP contribution in [0.4, 0.5) is 4.79 Å². The Morgan fingerprint density at radius 2 is 2.14 bits per heavy atom. The predicted molar refractivity (Wildman–Crippen MR) is 76.2 cm³/mol. The summed E-state index contributed by atoms with van der Waals surface area (Å²) in [6.07, 6.45) is -1.03. The average molecular weight is 318 g/mol. The van der Waals surface area contributed by atoms with Gasteiger partial charge in [0.25, 0.3) is 0 Å². The standard InChI is InChI=1S/C11H18N4O5S/c1-5-18-9(16)8(7-6-21-15(12)13-7)14-20-10(17)19-11(2,3)4/h6,13H,5,12H2,1-4H3. The Hall–Kier alpha value is -1.78. The number of ether oxygens (including phenoxy) is 2. The maximum Gasteiger partial charge on any atom is 0.535 e. The van der Waals surface area contributed by atoms with Gasteiger partial charge in [-0.2, -0.15) is 0 Å². The van der Waals surface area contributed by atoms with Crippen LogP contribution in [0.2, 0.25) is 0 Å². The number of oxime groups is 1. The van der Waals surface area contributed by atoms with Gasteiger partial charge in [0.15, 0.2) is 0 Å². The largest absolute Gasteiger partial charge is 0.535 e. The quantitative estimate of drug-likeness (QED) is 0.196. The minimum absolute atomic E-state index is 0.150. The van der Waals surface area contributed by atoms with Crippen LogP contribution in [0.5, 0.6) is 0 Å². The molecule has 1 heterocycles. The lowest BCUT2D eigenvalue weighted by Crippen LogP contribution is -2.37. The molecule has 1 rings (SSSR count). The number of carbonyl (C=O) groups is 2. The first-order valence-corrected chi connectivity index (χ1v) is 6.90. The molecule has 0 atom stereocenters. The summed E-state index contributed by atoms with van der Waals surface area (Å²) >= 11 is 1.09. The van der Waals surface area contributed by atoms with Gasteiger partial charge in [0.1, 0.15) is 5.60 Å². The van der Waals surface area contributed by atoms with E-state index in [1.807, 2.05) is 0 Å². The van der Waals surface area contributed by atoms with Gasteiger partial charge in [0.2, 0.25) is 5.71 Å². The summed E-state index contributed by atoms with van der Waals surface area (Å²) in [6.45, 7) is 6.82. The third kappa shape index (κ3) is 6.02. The van der Waals surface area contributed by atoms with Gasteiger partial charge in [0.05, 0.1) is 12.3 Å². The molecule has 1 aliphatic rings. The highest BCUT2D eigenvalue weighted by atomic mass is 32.2. The van der Waals surface area contributed by atoms with E-state index in [0.29, 0.717) is 0 Å². The zero-order valence-electron chi connectivity index (χ0n) is 12.2. The summed E-state index contributed by atoms with van der Waals surface area (Å²) in [4.78, 5) is 27.8. The van der Waals surface area contributed by atoms with Gasteiger partial charge in [-0.3, -0.25) is 10.3 Å². The van der Waals surface area contributed by atoms with E-state index in [2.05, 4.69) is 15.4 Å². The Kier molecular flexibility index (Phi) is 6.00. The number of esters is 1. The summed E-state index contributed by atoms with van der Waals surface area (Å²) in [7, 11) is 0. The zero-order chi connectivity index (χ0) is 16.0. The van der Waals surface area contributed by atoms with Crippen LogP contribution in [-0.4, -0.2) is 34.6 Å². The SMILES string of the molecule is CCOC(=O)C(=NOC(=O)OC(C)(C)C)C1=CSN(N)N1. The molecule has 0 bridgehead atoms. The fraction of sp³-hybridized carbons (Fsp3) is 0.545. The van der Waals surface area contributed by atoms with Crippen molar-refractivity contribution in [3.8, 4) is 0 Å². The molecular weight excluding hydrogens is 300 g/mol. The lowest BCUT2D eigenvalue weighted by molar-refractivity contribution is -0.135. The molecule has 21 heavy (non-hydrogen) atoms. The topological polar surface area (TPSA) is 115 Å². The van der Waals surface area contributed by atoms with Crippen molar-refractivity contribution in [2.24, 2.45) is 11.0 Å². The van der Waals surface area contributed by atoms with Crippen LogP contribution < -0.4 is 11.3 Å². The summed E-state index contributed by atoms with van der Waals surface area (Å²) in [5.41, 5.74) is 1.94. The van der Waals surface area contributed by atoms with Crippen molar-refractivity contribution >= 4 is 29.8 Å². The van der Waals surface area contributed by atoms with Crippen molar-refractivity contribution in [3.05, 3.63) is 11.1 Å². The maximum absolute atomic E-state index is 11.8. The maximum atomic E-state index is 11.8. The van der Waals surface area contributed by atoms with Crippen molar-refractivity contribution in [3.63, 3.8) is 0 Å². The van der Waals surface area contributed by atoms with Crippen molar-refractivity contribution in [2.45, 2.75) is 33.3 Å². The Bertz CT molecular complexity index is 472. The van der Waals surface area contributed by atoms with E-state index in [4.69, 9.17) is 15.3 Å². The first kappa shape index (κ1) is 17.3. The minimum Gasteiger partial charge on any atom is -0.461 e. The van der Waals surface area contributed by atoms with Gasteiger partial charge in [-0.15, -0.1) is 0 Å². The van der Waals surface area contributed by atoms with E-state index in [1.54, 1.807) is 27.7 Å². The third-order valence-electron chi connectivity index (χ3n) is 1.84. The fourth-order valence-electron chi connectivity index (χ4n) is 1.14. The molecule has 0 saturated heterocycles. The molecule has 0 fully saturated rings. The third-order valence-corrected chi connectivity index (χ3v) is 2.50. The first-order chi connectivity index (χ1) is 9.73. The minimum atomic E-state index is -1.03. The lowest BCUT2D eigenvalue weighted by atomic mass is 10.2. The summed E-state index contributed by atoms with van der Waals surface area (Å²) in [5, 5.41) is 5.01. The van der Waals surface area contributed by atoms with E-state index in [0.717, 1.165) is 16.5 Å². The summed E-state index contributed by atoms with van der Waals surface area (Å²) in [5.74, 6) is 4.72. The van der Waals surface area contributed by atoms with Crippen molar-refractivity contribution in [1.29, 1.82) is 0 Å². The Morgan fingerprint density at radius 1 is 1.48 bits per heavy atom. The van der Waals surface area contributed by atoms with E-state index >= 15 is 0 Å². The fourth-order valence-corrected chi connectivity index (χ4v) is 1.67. The second-order valence-corrected chi connectivity index (χ2v) is 5.63. The lowest BCUT2D eigenvalue weighted by Gasteiger charge is -2.17. The monoisotopic (exact) mass is 318 g/mol. The van der Waals surface area contributed by atoms with Crippen LogP contribution >= 0.6 is 11.9 Å². The van der Waals surface area contributed by atoms with Gasteiger partial charge in [0, 0.05) is 5.41 Å². The van der Waals surface area contributed by atoms with Gasteiger partial charge >= 0.3 is 12.1 Å². The zero-order valence-corrected chi connectivity index (χ0v) is 13.0. The molecule has 0 aliphatic carbocycles. The highest BCUT2D eigenvalue weighted by Gasteiger charge is 2.26. The molecule has 3 N–H and O–H groups in total. The Morgan fingerprint density at radius 3 is 2.62 bits per heavy atom. The first-order valence-electron chi connectivity index (χ1n) is 6.07. The number of nitrogens with zero attached hydrogens (tertiary/aromatic N) is 2. The van der Waals surface area contributed by atoms with E-state index < -0.39 is 17.7 Å². The van der Waals surface area contributed by atoms with Crippen LogP contribution in [0.3, 0.4) is 0 Å². The number of hydrogen-bond donors (Lipinski definition) is 2. The van der Waals surface area contributed by atoms with Crippen LogP contribution in [-0.2, 0) is 19.1 Å². The number of nitrogens with two attached hydrogens (primary N) is 1. The van der Waals surface area contributed by atoms with E-state index in [-0.39, 0.29) is 18.0 Å². The second-order valence-electron chi connectivity index (χ2n) is 4.79. The molecule has 1 aliphatic heterocycles. The molecule has 0 amide bonds. The van der Waals surface area contributed by atoms with Crippen molar-refractivity contribution in [2.75, 3.05) is 6.61 Å². The molecule has 118 valence electrons. The predicted octanol–water partition coefficient (Wildman–Crippen LogP) is 1.04. The molecule has 10 heteroatoms. The highest BCUT2D eigenvalue weighted by Crippen LogP contribution is 2.17. The van der Waals surface area contributed by atoms with Crippen molar-refractivity contribution < 1.29 is 23.9 Å². The molecule has 0 saturated carbocycles. The van der Waals surface area contributed by atoms with Crippen LogP contribution in [0.25, 0.3) is 0 Å². The normalized spacial score (nSPS) is 16.0. The smallest absolute Gasteiger partial charge is 0.461 e. The molecule has 0 unspecified atom stereocenters. The Balaban J connectivity index is 2.79. The van der Waals surface area contributed by atoms with Crippen molar-refractivity contribution in [1.82, 2.24) is 9.95 Å². The highest BCUT2D eigenvalue weighted by molar-refractivity contribution is 8.00. The van der Waals surface area contributed by atoms with Crippen LogP contribution in [0.1, 0.15) is 27.7 Å². The van der Waals surface area contributed by atoms with Crippen LogP contribution in [0, 0.1) is 0 Å². The molecule has 9 nitrogen and oxygen atoms in total. The van der Waals surface area contributed by atoms with Gasteiger partial charge in [-0.1, -0.05) is 9.68 Å². The van der Waals surface area contributed by atoms with E-state index in [9.17, 15) is 9.59 Å². The second kappa shape index (κ2) is 7.29. The van der Waals surface area contributed by atoms with Crippen LogP contribution in [0.15, 0.2) is 16.3 Å². The van der Waals surface area contributed by atoms with E-state index in [1.165, 1.54) is 5.41 Å². The number of nitrogens with one attached hydrogen (secondary N) is 1. The number of carbonyl (C=O) groups excluding carboxylic acids is 2.